The standard InChI is InChI=1S/C15H13BrClFO/c1-9-3-6-14(19-2)11(7-9)15(17)10-4-5-13(18)12(16)8-10/h3-8,15H,1-2H3. The topological polar surface area (TPSA) is 9.23 Å². The number of alkyl halides is 1. The van der Waals surface area contributed by atoms with Gasteiger partial charge in [0.1, 0.15) is 11.6 Å². The lowest BCUT2D eigenvalue weighted by Crippen LogP contribution is -1.98. The number of methoxy groups -OCH3 is 1. The summed E-state index contributed by atoms with van der Waals surface area (Å²) in [5, 5.41) is -0.383. The van der Waals surface area contributed by atoms with Crippen molar-refractivity contribution in [3.63, 3.8) is 0 Å². The first-order valence-electron chi connectivity index (χ1n) is 5.76. The average Bonchev–Trinajstić information content (AvgIpc) is 2.41. The summed E-state index contributed by atoms with van der Waals surface area (Å²) in [4.78, 5) is 0. The molecule has 0 radical (unpaired) electrons. The molecule has 1 unspecified atom stereocenters. The van der Waals surface area contributed by atoms with Crippen LogP contribution in [0, 0.1) is 12.7 Å². The van der Waals surface area contributed by atoms with Crippen LogP contribution in [0.25, 0.3) is 0 Å². The van der Waals surface area contributed by atoms with Gasteiger partial charge in [-0.1, -0.05) is 23.8 Å². The molecule has 0 aliphatic rings. The molecule has 0 aliphatic carbocycles. The fourth-order valence-electron chi connectivity index (χ4n) is 1.90. The minimum absolute atomic E-state index is 0.302. The molecule has 0 amide bonds. The molecule has 1 nitrogen and oxygen atoms in total. The van der Waals surface area contributed by atoms with E-state index in [1.807, 2.05) is 25.1 Å². The van der Waals surface area contributed by atoms with E-state index in [1.165, 1.54) is 6.07 Å². The smallest absolute Gasteiger partial charge is 0.137 e. The predicted octanol–water partition coefficient (Wildman–Crippen LogP) is 5.23. The van der Waals surface area contributed by atoms with Gasteiger partial charge in [-0.05, 0) is 46.6 Å². The molecule has 0 saturated heterocycles. The third kappa shape index (κ3) is 3.10. The van der Waals surface area contributed by atoms with Gasteiger partial charge >= 0.3 is 0 Å². The number of hydrogen-bond acceptors (Lipinski definition) is 1. The number of hydrogen-bond donors (Lipinski definition) is 0. The number of aryl methyl sites for hydroxylation is 1. The van der Waals surface area contributed by atoms with Crippen LogP contribution in [0.2, 0.25) is 0 Å². The van der Waals surface area contributed by atoms with Gasteiger partial charge in [-0.3, -0.25) is 0 Å². The fraction of sp³-hybridized carbons (Fsp3) is 0.200. The van der Waals surface area contributed by atoms with Crippen LogP contribution in [0.4, 0.5) is 4.39 Å². The summed E-state index contributed by atoms with van der Waals surface area (Å²) in [5.74, 6) is 0.426. The second kappa shape index (κ2) is 5.93. The zero-order valence-electron chi connectivity index (χ0n) is 10.6. The maximum Gasteiger partial charge on any atom is 0.137 e. The highest BCUT2D eigenvalue weighted by molar-refractivity contribution is 9.10. The highest BCUT2D eigenvalue weighted by Crippen LogP contribution is 2.36. The van der Waals surface area contributed by atoms with E-state index < -0.39 is 0 Å². The van der Waals surface area contributed by atoms with E-state index >= 15 is 0 Å². The zero-order valence-corrected chi connectivity index (χ0v) is 12.9. The van der Waals surface area contributed by atoms with Crippen molar-refractivity contribution >= 4 is 27.5 Å². The number of ether oxygens (including phenoxy) is 1. The quantitative estimate of drug-likeness (QED) is 0.693. The number of halogens is 3. The Morgan fingerprint density at radius 1 is 1.21 bits per heavy atom. The van der Waals surface area contributed by atoms with Crippen molar-refractivity contribution in [1.29, 1.82) is 0 Å². The monoisotopic (exact) mass is 342 g/mol. The van der Waals surface area contributed by atoms with E-state index in [0.717, 1.165) is 22.4 Å². The molecule has 1 atom stereocenters. The summed E-state index contributed by atoms with van der Waals surface area (Å²) in [6.45, 7) is 1.99. The second-order valence-electron chi connectivity index (χ2n) is 4.28. The molecule has 2 aromatic rings. The first kappa shape index (κ1) is 14.4. The minimum Gasteiger partial charge on any atom is -0.496 e. The highest BCUT2D eigenvalue weighted by Gasteiger charge is 2.17. The van der Waals surface area contributed by atoms with Gasteiger partial charge in [0.25, 0.3) is 0 Å². The van der Waals surface area contributed by atoms with E-state index in [1.54, 1.807) is 19.2 Å². The Bertz CT molecular complexity index is 601. The molecule has 4 heteroatoms. The van der Waals surface area contributed by atoms with Crippen molar-refractivity contribution in [2.45, 2.75) is 12.3 Å². The Morgan fingerprint density at radius 3 is 2.58 bits per heavy atom. The molecule has 19 heavy (non-hydrogen) atoms. The van der Waals surface area contributed by atoms with E-state index in [4.69, 9.17) is 16.3 Å². The van der Waals surface area contributed by atoms with Crippen molar-refractivity contribution in [3.05, 3.63) is 63.4 Å². The van der Waals surface area contributed by atoms with Crippen LogP contribution < -0.4 is 4.74 Å². The SMILES string of the molecule is COc1ccc(C)cc1C(Cl)c1ccc(F)c(Br)c1. The van der Waals surface area contributed by atoms with E-state index in [-0.39, 0.29) is 11.2 Å². The lowest BCUT2D eigenvalue weighted by atomic mass is 10.0. The number of benzene rings is 2. The maximum atomic E-state index is 13.3. The molecule has 0 N–H and O–H groups in total. The Hall–Kier alpha value is -1.06. The van der Waals surface area contributed by atoms with Crippen LogP contribution >= 0.6 is 27.5 Å². The van der Waals surface area contributed by atoms with Gasteiger partial charge in [0.15, 0.2) is 0 Å². The molecule has 0 bridgehead atoms. The van der Waals surface area contributed by atoms with Gasteiger partial charge in [0.2, 0.25) is 0 Å². The first-order valence-corrected chi connectivity index (χ1v) is 6.99. The summed E-state index contributed by atoms with van der Waals surface area (Å²) in [5.41, 5.74) is 2.80. The Kier molecular flexibility index (Phi) is 4.48. The Balaban J connectivity index is 2.45. The summed E-state index contributed by atoms with van der Waals surface area (Å²) in [6, 6.07) is 10.6. The molecule has 0 spiro atoms. The molecule has 2 rings (SSSR count). The summed E-state index contributed by atoms with van der Waals surface area (Å²) >= 11 is 9.66. The van der Waals surface area contributed by atoms with Crippen molar-refractivity contribution in [2.24, 2.45) is 0 Å². The minimum atomic E-state index is -0.383. The van der Waals surface area contributed by atoms with Gasteiger partial charge < -0.3 is 4.74 Å². The third-order valence-corrected chi connectivity index (χ3v) is 3.99. The lowest BCUT2D eigenvalue weighted by molar-refractivity contribution is 0.410. The molecule has 0 heterocycles. The van der Waals surface area contributed by atoms with E-state index in [2.05, 4.69) is 15.9 Å². The molecule has 100 valence electrons. The molecular weight excluding hydrogens is 331 g/mol. The third-order valence-electron chi connectivity index (χ3n) is 2.89. The van der Waals surface area contributed by atoms with Crippen LogP contribution in [-0.4, -0.2) is 7.11 Å². The van der Waals surface area contributed by atoms with E-state index in [9.17, 15) is 4.39 Å². The van der Waals surface area contributed by atoms with Crippen LogP contribution in [-0.2, 0) is 0 Å². The highest BCUT2D eigenvalue weighted by atomic mass is 79.9. The zero-order chi connectivity index (χ0) is 14.0. The summed E-state index contributed by atoms with van der Waals surface area (Å²) in [6.07, 6.45) is 0. The van der Waals surface area contributed by atoms with Crippen molar-refractivity contribution < 1.29 is 9.13 Å². The van der Waals surface area contributed by atoms with Crippen molar-refractivity contribution in [2.75, 3.05) is 7.11 Å². The van der Waals surface area contributed by atoms with Crippen molar-refractivity contribution in [3.8, 4) is 5.75 Å². The van der Waals surface area contributed by atoms with Gasteiger partial charge in [0, 0.05) is 5.56 Å². The molecule has 0 fully saturated rings. The van der Waals surface area contributed by atoms with E-state index in [0.29, 0.717) is 4.47 Å². The largest absolute Gasteiger partial charge is 0.496 e. The maximum absolute atomic E-state index is 13.3. The molecule has 2 aromatic carbocycles. The fourth-order valence-corrected chi connectivity index (χ4v) is 2.60. The lowest BCUT2D eigenvalue weighted by Gasteiger charge is -2.15. The first-order chi connectivity index (χ1) is 9.02. The van der Waals surface area contributed by atoms with Crippen molar-refractivity contribution in [1.82, 2.24) is 0 Å². The Morgan fingerprint density at radius 2 is 1.95 bits per heavy atom. The van der Waals surface area contributed by atoms with Gasteiger partial charge in [-0.15, -0.1) is 11.6 Å². The molecule has 0 saturated carbocycles. The Labute approximate surface area is 125 Å². The summed E-state index contributed by atoms with van der Waals surface area (Å²) in [7, 11) is 1.61. The van der Waals surface area contributed by atoms with Crippen LogP contribution in [0.5, 0.6) is 5.75 Å². The van der Waals surface area contributed by atoms with Gasteiger partial charge in [-0.2, -0.15) is 0 Å². The van der Waals surface area contributed by atoms with Crippen LogP contribution in [0.3, 0.4) is 0 Å². The summed E-state index contributed by atoms with van der Waals surface area (Å²) < 4.78 is 19.0. The molecule has 0 aliphatic heterocycles. The normalized spacial score (nSPS) is 12.3. The average molecular weight is 344 g/mol. The second-order valence-corrected chi connectivity index (χ2v) is 5.57. The van der Waals surface area contributed by atoms with Crippen LogP contribution in [0.15, 0.2) is 40.9 Å². The van der Waals surface area contributed by atoms with Gasteiger partial charge in [0.05, 0.1) is 17.0 Å². The molecule has 0 aromatic heterocycles. The number of rotatable bonds is 3. The molecular formula is C15H13BrClFO. The van der Waals surface area contributed by atoms with Gasteiger partial charge in [-0.25, -0.2) is 4.39 Å². The predicted molar refractivity (Wildman–Crippen MR) is 79.5 cm³/mol. The van der Waals surface area contributed by atoms with Crippen LogP contribution in [0.1, 0.15) is 22.1 Å².